The largest absolute Gasteiger partial charge is 0.478 e. The molecule has 0 saturated carbocycles. The molecule has 3 N–H and O–H groups in total. The molecule has 1 rings (SSSR count). The first-order chi connectivity index (χ1) is 7.65. The molecule has 0 fully saturated rings. The second-order valence-electron chi connectivity index (χ2n) is 3.31. The standard InChI is InChI=1S/C11H14O4S/c12-5-9(13)7-16-6-8-3-1-2-4-10(8)11(14)15/h1-4,9,12-13H,5-7H2,(H,14,15). The molecule has 88 valence electrons. The lowest BCUT2D eigenvalue weighted by atomic mass is 10.1. The van der Waals surface area contributed by atoms with Gasteiger partial charge in [-0.3, -0.25) is 0 Å². The Morgan fingerprint density at radius 2 is 2.06 bits per heavy atom. The molecule has 5 heteroatoms. The molecule has 1 atom stereocenters. The van der Waals surface area contributed by atoms with Gasteiger partial charge in [0, 0.05) is 11.5 Å². The molecule has 0 heterocycles. The highest BCUT2D eigenvalue weighted by atomic mass is 32.2. The van der Waals surface area contributed by atoms with Gasteiger partial charge in [-0.25, -0.2) is 4.79 Å². The Morgan fingerprint density at radius 1 is 1.38 bits per heavy atom. The van der Waals surface area contributed by atoms with Crippen LogP contribution in [0.1, 0.15) is 15.9 Å². The van der Waals surface area contributed by atoms with E-state index in [0.717, 1.165) is 5.56 Å². The molecule has 1 aromatic rings. The lowest BCUT2D eigenvalue weighted by Gasteiger charge is -2.08. The van der Waals surface area contributed by atoms with E-state index in [9.17, 15) is 4.79 Å². The number of carboxylic acids is 1. The van der Waals surface area contributed by atoms with Crippen LogP contribution in [0.25, 0.3) is 0 Å². The van der Waals surface area contributed by atoms with Crippen LogP contribution in [0.2, 0.25) is 0 Å². The topological polar surface area (TPSA) is 77.8 Å². The normalized spacial score (nSPS) is 12.4. The number of aliphatic hydroxyl groups is 2. The molecule has 0 spiro atoms. The van der Waals surface area contributed by atoms with E-state index >= 15 is 0 Å². The summed E-state index contributed by atoms with van der Waals surface area (Å²) in [6, 6.07) is 6.77. The number of aromatic carboxylic acids is 1. The van der Waals surface area contributed by atoms with Crippen LogP contribution < -0.4 is 0 Å². The third kappa shape index (κ3) is 3.84. The second kappa shape index (κ2) is 6.52. The molecular formula is C11H14O4S. The monoisotopic (exact) mass is 242 g/mol. The van der Waals surface area contributed by atoms with E-state index in [0.29, 0.717) is 11.5 Å². The minimum absolute atomic E-state index is 0.270. The molecule has 0 amide bonds. The van der Waals surface area contributed by atoms with Crippen molar-refractivity contribution in [3.05, 3.63) is 35.4 Å². The highest BCUT2D eigenvalue weighted by Gasteiger charge is 2.09. The Morgan fingerprint density at radius 3 is 2.69 bits per heavy atom. The fraction of sp³-hybridized carbons (Fsp3) is 0.364. The van der Waals surface area contributed by atoms with E-state index in [2.05, 4.69) is 0 Å². The third-order valence-electron chi connectivity index (χ3n) is 2.03. The first-order valence-electron chi connectivity index (χ1n) is 4.83. The van der Waals surface area contributed by atoms with Crippen molar-refractivity contribution in [1.29, 1.82) is 0 Å². The molecule has 0 aliphatic carbocycles. The number of carbonyl (C=O) groups is 1. The van der Waals surface area contributed by atoms with Crippen molar-refractivity contribution in [2.45, 2.75) is 11.9 Å². The molecule has 0 aliphatic heterocycles. The first kappa shape index (κ1) is 13.0. The number of thioether (sulfide) groups is 1. The Kier molecular flexibility index (Phi) is 5.31. The zero-order valence-corrected chi connectivity index (χ0v) is 9.48. The van der Waals surface area contributed by atoms with Gasteiger partial charge in [0.1, 0.15) is 0 Å². The highest BCUT2D eigenvalue weighted by molar-refractivity contribution is 7.98. The molecule has 0 saturated heterocycles. The average molecular weight is 242 g/mol. The smallest absolute Gasteiger partial charge is 0.335 e. The molecule has 16 heavy (non-hydrogen) atoms. The van der Waals surface area contributed by atoms with E-state index < -0.39 is 12.1 Å². The number of carboxylic acid groups (broad SMARTS) is 1. The van der Waals surface area contributed by atoms with Crippen LogP contribution >= 0.6 is 11.8 Å². The van der Waals surface area contributed by atoms with E-state index in [1.807, 2.05) is 0 Å². The summed E-state index contributed by atoms with van der Waals surface area (Å²) in [7, 11) is 0. The van der Waals surface area contributed by atoms with Gasteiger partial charge in [0.2, 0.25) is 0 Å². The number of aliphatic hydroxyl groups excluding tert-OH is 2. The van der Waals surface area contributed by atoms with E-state index in [1.165, 1.54) is 11.8 Å². The molecule has 1 unspecified atom stereocenters. The molecule has 1 aromatic carbocycles. The Balaban J connectivity index is 2.56. The van der Waals surface area contributed by atoms with Crippen molar-refractivity contribution in [3.8, 4) is 0 Å². The van der Waals surface area contributed by atoms with Gasteiger partial charge in [-0.15, -0.1) is 0 Å². The first-order valence-corrected chi connectivity index (χ1v) is 5.98. The summed E-state index contributed by atoms with van der Waals surface area (Å²) in [5, 5.41) is 26.7. The maximum atomic E-state index is 10.9. The molecule has 0 aromatic heterocycles. The average Bonchev–Trinajstić information content (AvgIpc) is 2.29. The number of rotatable bonds is 6. The van der Waals surface area contributed by atoms with Gasteiger partial charge in [0.25, 0.3) is 0 Å². The van der Waals surface area contributed by atoms with Crippen LogP contribution in [0.3, 0.4) is 0 Å². The number of benzene rings is 1. The summed E-state index contributed by atoms with van der Waals surface area (Å²) in [6.45, 7) is -0.270. The Labute approximate surface area is 97.9 Å². The zero-order valence-electron chi connectivity index (χ0n) is 8.67. The van der Waals surface area contributed by atoms with Crippen molar-refractivity contribution >= 4 is 17.7 Å². The van der Waals surface area contributed by atoms with Crippen LogP contribution in [-0.2, 0) is 5.75 Å². The highest BCUT2D eigenvalue weighted by Crippen LogP contribution is 2.17. The van der Waals surface area contributed by atoms with Gasteiger partial charge >= 0.3 is 5.97 Å². The van der Waals surface area contributed by atoms with Crippen LogP contribution in [0.15, 0.2) is 24.3 Å². The van der Waals surface area contributed by atoms with Gasteiger partial charge in [-0.2, -0.15) is 11.8 Å². The summed E-state index contributed by atoms with van der Waals surface area (Å²) in [4.78, 5) is 10.9. The summed E-state index contributed by atoms with van der Waals surface area (Å²) in [5.41, 5.74) is 1.01. The van der Waals surface area contributed by atoms with Crippen molar-refractivity contribution in [3.63, 3.8) is 0 Å². The SMILES string of the molecule is O=C(O)c1ccccc1CSCC(O)CO. The van der Waals surface area contributed by atoms with Gasteiger partial charge in [0.15, 0.2) is 0 Å². The van der Waals surface area contributed by atoms with Crippen molar-refractivity contribution in [1.82, 2.24) is 0 Å². The van der Waals surface area contributed by atoms with E-state index in [-0.39, 0.29) is 12.2 Å². The van der Waals surface area contributed by atoms with E-state index in [1.54, 1.807) is 24.3 Å². The molecule has 0 aliphatic rings. The van der Waals surface area contributed by atoms with Gasteiger partial charge in [-0.1, -0.05) is 18.2 Å². The predicted octanol–water partition coefficient (Wildman–Crippen LogP) is 0.971. The van der Waals surface area contributed by atoms with Crippen molar-refractivity contribution < 1.29 is 20.1 Å². The maximum Gasteiger partial charge on any atom is 0.335 e. The maximum absolute atomic E-state index is 10.9. The minimum Gasteiger partial charge on any atom is -0.478 e. The van der Waals surface area contributed by atoms with Crippen molar-refractivity contribution in [2.75, 3.05) is 12.4 Å². The molecular weight excluding hydrogens is 228 g/mol. The van der Waals surface area contributed by atoms with Gasteiger partial charge in [0.05, 0.1) is 18.3 Å². The van der Waals surface area contributed by atoms with E-state index in [4.69, 9.17) is 15.3 Å². The lowest BCUT2D eigenvalue weighted by Crippen LogP contribution is -2.14. The number of hydrogen-bond donors (Lipinski definition) is 3. The fourth-order valence-corrected chi connectivity index (χ4v) is 2.18. The van der Waals surface area contributed by atoms with Crippen LogP contribution in [0.4, 0.5) is 0 Å². The zero-order chi connectivity index (χ0) is 12.0. The summed E-state index contributed by atoms with van der Waals surface area (Å²) < 4.78 is 0. The van der Waals surface area contributed by atoms with Gasteiger partial charge in [-0.05, 0) is 11.6 Å². The van der Waals surface area contributed by atoms with Crippen LogP contribution in [0, 0.1) is 0 Å². The summed E-state index contributed by atoms with van der Waals surface area (Å²) in [6.07, 6.45) is -0.748. The molecule has 0 bridgehead atoms. The predicted molar refractivity (Wildman–Crippen MR) is 62.7 cm³/mol. The van der Waals surface area contributed by atoms with Gasteiger partial charge < -0.3 is 15.3 Å². The Bertz CT molecular complexity index is 354. The quantitative estimate of drug-likeness (QED) is 0.693. The third-order valence-corrected chi connectivity index (χ3v) is 3.16. The summed E-state index contributed by atoms with van der Waals surface area (Å²) >= 11 is 1.40. The Hall–Kier alpha value is -1.04. The number of hydrogen-bond acceptors (Lipinski definition) is 4. The second-order valence-corrected chi connectivity index (χ2v) is 4.34. The van der Waals surface area contributed by atoms with Crippen LogP contribution in [-0.4, -0.2) is 39.8 Å². The molecule has 0 radical (unpaired) electrons. The lowest BCUT2D eigenvalue weighted by molar-refractivity contribution is 0.0696. The minimum atomic E-state index is -0.945. The fourth-order valence-electron chi connectivity index (χ4n) is 1.21. The van der Waals surface area contributed by atoms with Crippen molar-refractivity contribution in [2.24, 2.45) is 0 Å². The summed E-state index contributed by atoms with van der Waals surface area (Å²) in [5.74, 6) is -0.0387. The molecule has 4 nitrogen and oxygen atoms in total. The van der Waals surface area contributed by atoms with Crippen LogP contribution in [0.5, 0.6) is 0 Å².